The molecule has 35 heavy (non-hydrogen) atoms. The summed E-state index contributed by atoms with van der Waals surface area (Å²) >= 11 is 0. The lowest BCUT2D eigenvalue weighted by Gasteiger charge is -2.11. The maximum atomic E-state index is 12.4. The van der Waals surface area contributed by atoms with Crippen molar-refractivity contribution in [3.8, 4) is 17.2 Å². The van der Waals surface area contributed by atoms with Crippen molar-refractivity contribution in [1.29, 1.82) is 0 Å². The van der Waals surface area contributed by atoms with E-state index in [2.05, 4.69) is 10.5 Å². The van der Waals surface area contributed by atoms with Crippen molar-refractivity contribution in [2.75, 3.05) is 13.2 Å². The molecule has 7 nitrogen and oxygen atoms in total. The second-order valence-electron chi connectivity index (χ2n) is 7.49. The van der Waals surface area contributed by atoms with Crippen LogP contribution in [0.25, 0.3) is 10.8 Å². The number of carbonyl (C=O) groups is 2. The molecule has 176 valence electrons. The molecule has 0 bridgehead atoms. The number of rotatable bonds is 9. The fourth-order valence-electron chi connectivity index (χ4n) is 3.31. The molecule has 1 amide bonds. The number of carbonyl (C=O) groups excluding carboxylic acids is 2. The lowest BCUT2D eigenvalue weighted by Crippen LogP contribution is -2.24. The number of esters is 1. The van der Waals surface area contributed by atoms with Gasteiger partial charge in [-0.2, -0.15) is 5.10 Å². The van der Waals surface area contributed by atoms with Gasteiger partial charge in [-0.25, -0.2) is 10.2 Å². The van der Waals surface area contributed by atoms with Gasteiger partial charge in [0.15, 0.2) is 18.1 Å². The minimum Gasteiger partial charge on any atom is -0.490 e. The number of nitrogens with zero attached hydrogens (tertiary/aromatic N) is 1. The normalized spacial score (nSPS) is 10.8. The van der Waals surface area contributed by atoms with Gasteiger partial charge < -0.3 is 14.2 Å². The molecule has 0 spiro atoms. The largest absolute Gasteiger partial charge is 0.490 e. The Hall–Kier alpha value is -4.65. The monoisotopic (exact) mass is 468 g/mol. The van der Waals surface area contributed by atoms with Crippen LogP contribution < -0.4 is 19.6 Å². The second kappa shape index (κ2) is 11.5. The zero-order valence-corrected chi connectivity index (χ0v) is 19.1. The Kier molecular flexibility index (Phi) is 7.70. The van der Waals surface area contributed by atoms with E-state index in [0.717, 1.165) is 10.8 Å². The van der Waals surface area contributed by atoms with Crippen LogP contribution in [0.2, 0.25) is 0 Å². The predicted molar refractivity (Wildman–Crippen MR) is 134 cm³/mol. The average Bonchev–Trinajstić information content (AvgIpc) is 2.89. The summed E-state index contributed by atoms with van der Waals surface area (Å²) in [5.74, 6) is 0.418. The standard InChI is InChI=1S/C28H24N2O5/c1-2-33-26-16-20(12-15-25(26)35-28(32)22-9-4-3-5-10-22)18-29-30-27(31)19-34-24-14-13-21-8-6-7-11-23(21)17-24/h3-18H,2,19H2,1H3,(H,30,31)/b29-18+. The fraction of sp³-hybridized carbons (Fsp3) is 0.107. The maximum absolute atomic E-state index is 12.4. The summed E-state index contributed by atoms with van der Waals surface area (Å²) in [6.07, 6.45) is 1.47. The van der Waals surface area contributed by atoms with E-state index in [1.807, 2.05) is 55.5 Å². The van der Waals surface area contributed by atoms with Crippen molar-refractivity contribution in [2.24, 2.45) is 5.10 Å². The molecule has 0 aliphatic heterocycles. The molecule has 0 aromatic heterocycles. The Morgan fingerprint density at radius 3 is 2.40 bits per heavy atom. The predicted octanol–water partition coefficient (Wildman–Crippen LogP) is 4.99. The van der Waals surface area contributed by atoms with Crippen molar-refractivity contribution in [1.82, 2.24) is 5.43 Å². The first-order chi connectivity index (χ1) is 17.1. The Balaban J connectivity index is 1.33. The molecule has 4 aromatic carbocycles. The van der Waals surface area contributed by atoms with Gasteiger partial charge in [-0.3, -0.25) is 4.79 Å². The highest BCUT2D eigenvalue weighted by Gasteiger charge is 2.13. The van der Waals surface area contributed by atoms with Crippen molar-refractivity contribution < 1.29 is 23.8 Å². The van der Waals surface area contributed by atoms with Crippen LogP contribution in [0, 0.1) is 0 Å². The number of hydrogen-bond acceptors (Lipinski definition) is 6. The maximum Gasteiger partial charge on any atom is 0.343 e. The molecule has 0 atom stereocenters. The summed E-state index contributed by atoms with van der Waals surface area (Å²) < 4.78 is 16.7. The van der Waals surface area contributed by atoms with E-state index in [4.69, 9.17) is 14.2 Å². The van der Waals surface area contributed by atoms with Crippen molar-refractivity contribution in [3.05, 3.63) is 102 Å². The Bertz CT molecular complexity index is 1350. The van der Waals surface area contributed by atoms with E-state index in [1.165, 1.54) is 6.21 Å². The molecule has 4 aromatic rings. The zero-order chi connectivity index (χ0) is 24.5. The van der Waals surface area contributed by atoms with E-state index in [-0.39, 0.29) is 6.61 Å². The summed E-state index contributed by atoms with van der Waals surface area (Å²) in [5.41, 5.74) is 3.53. The molecule has 0 saturated heterocycles. The number of ether oxygens (including phenoxy) is 3. The summed E-state index contributed by atoms with van der Waals surface area (Å²) in [6.45, 7) is 2.05. The van der Waals surface area contributed by atoms with Crippen molar-refractivity contribution in [3.63, 3.8) is 0 Å². The fourth-order valence-corrected chi connectivity index (χ4v) is 3.31. The number of nitrogens with one attached hydrogen (secondary N) is 1. The molecule has 0 unspecified atom stereocenters. The third-order valence-corrected chi connectivity index (χ3v) is 4.97. The molecule has 0 saturated carbocycles. The van der Waals surface area contributed by atoms with Crippen LogP contribution in [0.15, 0.2) is 96.1 Å². The quantitative estimate of drug-likeness (QED) is 0.162. The van der Waals surface area contributed by atoms with E-state index in [1.54, 1.807) is 42.5 Å². The van der Waals surface area contributed by atoms with Crippen LogP contribution in [0.1, 0.15) is 22.8 Å². The number of fused-ring (bicyclic) bond motifs is 1. The van der Waals surface area contributed by atoms with Gasteiger partial charge >= 0.3 is 5.97 Å². The van der Waals surface area contributed by atoms with Gasteiger partial charge in [-0.05, 0) is 65.7 Å². The van der Waals surface area contributed by atoms with Gasteiger partial charge in [0.2, 0.25) is 0 Å². The number of hydrogen-bond donors (Lipinski definition) is 1. The van der Waals surface area contributed by atoms with Crippen LogP contribution in [-0.2, 0) is 4.79 Å². The highest BCUT2D eigenvalue weighted by Crippen LogP contribution is 2.29. The molecule has 0 aliphatic rings. The second-order valence-corrected chi connectivity index (χ2v) is 7.49. The summed E-state index contributed by atoms with van der Waals surface area (Å²) in [7, 11) is 0. The van der Waals surface area contributed by atoms with Crippen LogP contribution in [-0.4, -0.2) is 31.3 Å². The van der Waals surface area contributed by atoms with Crippen molar-refractivity contribution in [2.45, 2.75) is 6.92 Å². The molecule has 1 N–H and O–H groups in total. The van der Waals surface area contributed by atoms with Crippen molar-refractivity contribution >= 4 is 28.9 Å². The number of hydrazone groups is 1. The van der Waals surface area contributed by atoms with Gasteiger partial charge in [0.25, 0.3) is 5.91 Å². The molecule has 0 aliphatic carbocycles. The smallest absolute Gasteiger partial charge is 0.343 e. The lowest BCUT2D eigenvalue weighted by molar-refractivity contribution is -0.123. The average molecular weight is 469 g/mol. The molecule has 0 radical (unpaired) electrons. The zero-order valence-electron chi connectivity index (χ0n) is 19.1. The Morgan fingerprint density at radius 2 is 1.60 bits per heavy atom. The van der Waals surface area contributed by atoms with E-state index < -0.39 is 11.9 Å². The van der Waals surface area contributed by atoms with E-state index in [9.17, 15) is 9.59 Å². The van der Waals surface area contributed by atoms with Crippen LogP contribution in [0.5, 0.6) is 17.2 Å². The van der Waals surface area contributed by atoms with Gasteiger partial charge in [-0.1, -0.05) is 48.5 Å². The number of amides is 1. The Labute approximate surface area is 202 Å². The summed E-state index contributed by atoms with van der Waals surface area (Å²) in [5, 5.41) is 6.11. The number of benzene rings is 4. The highest BCUT2D eigenvalue weighted by atomic mass is 16.6. The first kappa shape index (κ1) is 23.5. The SMILES string of the molecule is CCOc1cc(/C=N/NC(=O)COc2ccc3ccccc3c2)ccc1OC(=O)c1ccccc1. The summed E-state index contributed by atoms with van der Waals surface area (Å²) in [4.78, 5) is 24.5. The minimum atomic E-state index is -0.480. The van der Waals surface area contributed by atoms with E-state index >= 15 is 0 Å². The van der Waals surface area contributed by atoms with Gasteiger partial charge in [0.05, 0.1) is 18.4 Å². The lowest BCUT2D eigenvalue weighted by atomic mass is 10.1. The molecule has 7 heteroatoms. The van der Waals surface area contributed by atoms with Gasteiger partial charge in [0.1, 0.15) is 5.75 Å². The summed E-state index contributed by atoms with van der Waals surface area (Å²) in [6, 6.07) is 27.3. The van der Waals surface area contributed by atoms with Gasteiger partial charge in [-0.15, -0.1) is 0 Å². The molecule has 0 fully saturated rings. The Morgan fingerprint density at radius 1 is 0.829 bits per heavy atom. The van der Waals surface area contributed by atoms with Crippen LogP contribution in [0.3, 0.4) is 0 Å². The highest BCUT2D eigenvalue weighted by molar-refractivity contribution is 5.91. The van der Waals surface area contributed by atoms with Gasteiger partial charge in [0, 0.05) is 0 Å². The molecule has 4 rings (SSSR count). The molecule has 0 heterocycles. The van der Waals surface area contributed by atoms with Crippen LogP contribution >= 0.6 is 0 Å². The first-order valence-corrected chi connectivity index (χ1v) is 11.1. The molecular formula is C28H24N2O5. The topological polar surface area (TPSA) is 86.2 Å². The molecular weight excluding hydrogens is 444 g/mol. The van der Waals surface area contributed by atoms with Crippen LogP contribution in [0.4, 0.5) is 0 Å². The minimum absolute atomic E-state index is 0.172. The third kappa shape index (κ3) is 6.45. The third-order valence-electron chi connectivity index (χ3n) is 4.97. The van der Waals surface area contributed by atoms with E-state index in [0.29, 0.717) is 35.0 Å². The first-order valence-electron chi connectivity index (χ1n) is 11.1.